The normalized spacial score (nSPS) is 21.9. The van der Waals surface area contributed by atoms with Crippen molar-refractivity contribution in [2.24, 2.45) is 0 Å². The Morgan fingerprint density at radius 3 is 2.08 bits per heavy atom. The van der Waals surface area contributed by atoms with Crippen LogP contribution >= 0.6 is 10.9 Å². The van der Waals surface area contributed by atoms with Crippen LogP contribution in [0.5, 0.6) is 0 Å². The second-order valence-corrected chi connectivity index (χ2v) is 6.35. The average molecular weight is 206 g/mol. The SMILES string of the molecule is C[SH](C)CN1CCN(CCO)CC1. The molecule has 1 aliphatic rings. The Kier molecular flexibility index (Phi) is 5.09. The van der Waals surface area contributed by atoms with E-state index in [1.807, 2.05) is 0 Å². The van der Waals surface area contributed by atoms with Gasteiger partial charge in [-0.25, -0.2) is 10.9 Å². The molecule has 13 heavy (non-hydrogen) atoms. The van der Waals surface area contributed by atoms with Gasteiger partial charge in [0.25, 0.3) is 0 Å². The number of hydrogen-bond donors (Lipinski definition) is 2. The maximum Gasteiger partial charge on any atom is 0.0558 e. The number of hydrogen-bond acceptors (Lipinski definition) is 3. The maximum absolute atomic E-state index is 8.78. The van der Waals surface area contributed by atoms with E-state index in [0.717, 1.165) is 19.6 Å². The summed E-state index contributed by atoms with van der Waals surface area (Å²) in [5.41, 5.74) is 0. The highest BCUT2D eigenvalue weighted by Crippen LogP contribution is 2.16. The fraction of sp³-hybridized carbons (Fsp3) is 1.00. The van der Waals surface area contributed by atoms with Crippen LogP contribution < -0.4 is 0 Å². The average Bonchev–Trinajstić information content (AvgIpc) is 2.08. The predicted octanol–water partition coefficient (Wildman–Crippen LogP) is -0.185. The van der Waals surface area contributed by atoms with Gasteiger partial charge in [0.1, 0.15) is 0 Å². The molecule has 1 rings (SSSR count). The summed E-state index contributed by atoms with van der Waals surface area (Å²) in [5.74, 6) is 1.28. The van der Waals surface area contributed by atoms with Crippen molar-refractivity contribution in [3.63, 3.8) is 0 Å². The number of β-amino-alcohol motifs (C(OH)–C–C–N with tert-alkyl or cyclic N) is 1. The molecule has 1 fully saturated rings. The second-order valence-electron chi connectivity index (χ2n) is 3.90. The molecular weight excluding hydrogens is 184 g/mol. The van der Waals surface area contributed by atoms with Gasteiger partial charge in [-0.05, 0) is 12.5 Å². The van der Waals surface area contributed by atoms with Gasteiger partial charge in [-0.3, -0.25) is 9.80 Å². The minimum absolute atomic E-state index is 0.213. The molecule has 80 valence electrons. The molecule has 4 heteroatoms. The van der Waals surface area contributed by atoms with E-state index in [4.69, 9.17) is 5.11 Å². The third-order valence-corrected chi connectivity index (χ3v) is 3.33. The fourth-order valence-corrected chi connectivity index (χ4v) is 2.78. The molecule has 0 spiro atoms. The number of aliphatic hydroxyl groups is 1. The van der Waals surface area contributed by atoms with Gasteiger partial charge in [0.15, 0.2) is 0 Å². The van der Waals surface area contributed by atoms with Crippen molar-refractivity contribution in [3.8, 4) is 0 Å². The summed E-state index contributed by atoms with van der Waals surface area (Å²) >= 11 is 0. The van der Waals surface area contributed by atoms with Crippen LogP contribution in [0.4, 0.5) is 0 Å². The van der Waals surface area contributed by atoms with Crippen molar-refractivity contribution in [2.75, 3.05) is 57.7 Å². The monoisotopic (exact) mass is 206 g/mol. The van der Waals surface area contributed by atoms with E-state index >= 15 is 0 Å². The van der Waals surface area contributed by atoms with Crippen LogP contribution in [0.25, 0.3) is 0 Å². The van der Waals surface area contributed by atoms with Crippen LogP contribution in [0.2, 0.25) is 0 Å². The Morgan fingerprint density at radius 2 is 1.62 bits per heavy atom. The van der Waals surface area contributed by atoms with Crippen molar-refractivity contribution in [1.29, 1.82) is 0 Å². The highest BCUT2D eigenvalue weighted by Gasteiger charge is 2.15. The van der Waals surface area contributed by atoms with Crippen LogP contribution in [0.1, 0.15) is 0 Å². The van der Waals surface area contributed by atoms with Crippen molar-refractivity contribution in [1.82, 2.24) is 9.80 Å². The van der Waals surface area contributed by atoms with E-state index in [1.165, 1.54) is 19.0 Å². The van der Waals surface area contributed by atoms with Gasteiger partial charge in [0.05, 0.1) is 6.61 Å². The zero-order valence-electron chi connectivity index (χ0n) is 8.74. The third kappa shape index (κ3) is 4.31. The lowest BCUT2D eigenvalue weighted by Crippen LogP contribution is -2.47. The lowest BCUT2D eigenvalue weighted by atomic mass is 10.3. The molecule has 0 saturated carbocycles. The molecule has 0 amide bonds. The van der Waals surface area contributed by atoms with Crippen molar-refractivity contribution in [3.05, 3.63) is 0 Å². The summed E-state index contributed by atoms with van der Waals surface area (Å²) in [7, 11) is 0.213. The van der Waals surface area contributed by atoms with Crippen molar-refractivity contribution in [2.45, 2.75) is 0 Å². The minimum Gasteiger partial charge on any atom is -0.395 e. The molecule has 0 unspecified atom stereocenters. The Morgan fingerprint density at radius 1 is 1.08 bits per heavy atom. The van der Waals surface area contributed by atoms with Crippen LogP contribution in [0.15, 0.2) is 0 Å². The summed E-state index contributed by atoms with van der Waals surface area (Å²) in [5, 5.41) is 8.78. The Labute approximate surface area is 84.1 Å². The summed E-state index contributed by atoms with van der Waals surface area (Å²) in [4.78, 5) is 4.88. The molecule has 0 aromatic carbocycles. The standard InChI is InChI=1S/C9H22N2OS/c1-13(2)9-11-5-3-10(4-6-11)7-8-12/h12-13H,3-9H2,1-2H3. The number of piperazine rings is 1. The fourth-order valence-electron chi connectivity index (χ4n) is 1.70. The first-order valence-electron chi connectivity index (χ1n) is 4.92. The second kappa shape index (κ2) is 5.86. The quantitative estimate of drug-likeness (QED) is 0.625. The third-order valence-electron chi connectivity index (χ3n) is 2.36. The first-order chi connectivity index (χ1) is 6.22. The van der Waals surface area contributed by atoms with Crippen LogP contribution in [-0.4, -0.2) is 72.6 Å². The van der Waals surface area contributed by atoms with E-state index in [9.17, 15) is 0 Å². The first kappa shape index (κ1) is 11.3. The van der Waals surface area contributed by atoms with E-state index in [0.29, 0.717) is 6.61 Å². The largest absolute Gasteiger partial charge is 0.395 e. The Balaban J connectivity index is 2.15. The zero-order chi connectivity index (χ0) is 9.68. The lowest BCUT2D eigenvalue weighted by Gasteiger charge is -2.35. The van der Waals surface area contributed by atoms with E-state index in [1.54, 1.807) is 0 Å². The lowest BCUT2D eigenvalue weighted by molar-refractivity contribution is 0.124. The van der Waals surface area contributed by atoms with Crippen LogP contribution in [0.3, 0.4) is 0 Å². The van der Waals surface area contributed by atoms with Crippen molar-refractivity contribution >= 4 is 10.9 Å². The topological polar surface area (TPSA) is 26.7 Å². The van der Waals surface area contributed by atoms with Gasteiger partial charge in [-0.15, -0.1) is 0 Å². The summed E-state index contributed by atoms with van der Waals surface area (Å²) < 4.78 is 0. The van der Waals surface area contributed by atoms with Gasteiger partial charge >= 0.3 is 0 Å². The van der Waals surface area contributed by atoms with Crippen LogP contribution in [-0.2, 0) is 0 Å². The molecule has 3 nitrogen and oxygen atoms in total. The summed E-state index contributed by atoms with van der Waals surface area (Å²) in [6.45, 7) is 5.77. The highest BCUT2D eigenvalue weighted by molar-refractivity contribution is 8.15. The molecule has 0 radical (unpaired) electrons. The molecular formula is C9H22N2OS. The molecule has 0 atom stereocenters. The molecule has 0 aromatic rings. The van der Waals surface area contributed by atoms with Gasteiger partial charge in [-0.1, -0.05) is 0 Å². The van der Waals surface area contributed by atoms with E-state index in [2.05, 4.69) is 22.3 Å². The number of nitrogens with zero attached hydrogens (tertiary/aromatic N) is 2. The molecule has 0 bridgehead atoms. The highest BCUT2D eigenvalue weighted by atomic mass is 32.2. The Hall–Kier alpha value is 0.230. The molecule has 1 N–H and O–H groups in total. The molecule has 0 aromatic heterocycles. The number of aliphatic hydroxyl groups excluding tert-OH is 1. The van der Waals surface area contributed by atoms with E-state index in [-0.39, 0.29) is 10.9 Å². The van der Waals surface area contributed by atoms with E-state index < -0.39 is 0 Å². The van der Waals surface area contributed by atoms with Gasteiger partial charge < -0.3 is 5.11 Å². The van der Waals surface area contributed by atoms with Gasteiger partial charge in [0.2, 0.25) is 0 Å². The molecule has 1 saturated heterocycles. The van der Waals surface area contributed by atoms with Crippen LogP contribution in [0, 0.1) is 0 Å². The molecule has 1 aliphatic heterocycles. The summed E-state index contributed by atoms with van der Waals surface area (Å²) in [6.07, 6.45) is 4.66. The zero-order valence-corrected chi connectivity index (χ0v) is 9.63. The van der Waals surface area contributed by atoms with Crippen molar-refractivity contribution < 1.29 is 5.11 Å². The Bertz CT molecular complexity index is 136. The molecule has 0 aliphatic carbocycles. The number of rotatable bonds is 4. The van der Waals surface area contributed by atoms with Gasteiger partial charge in [0, 0.05) is 38.6 Å². The number of thiol groups is 1. The predicted molar refractivity (Wildman–Crippen MR) is 60.8 cm³/mol. The summed E-state index contributed by atoms with van der Waals surface area (Å²) in [6, 6.07) is 0. The minimum atomic E-state index is 0.213. The maximum atomic E-state index is 8.78. The first-order valence-corrected chi connectivity index (χ1v) is 7.35. The smallest absolute Gasteiger partial charge is 0.0558 e. The van der Waals surface area contributed by atoms with Gasteiger partial charge in [-0.2, -0.15) is 0 Å². The molecule has 1 heterocycles.